The van der Waals surface area contributed by atoms with Crippen LogP contribution in [0.4, 0.5) is 0 Å². The number of rotatable bonds is 5. The van der Waals surface area contributed by atoms with Crippen molar-refractivity contribution in [3.8, 4) is 0 Å². The molecule has 1 rings (SSSR count). The minimum absolute atomic E-state index is 0.100. The molecule has 0 radical (unpaired) electrons. The molecule has 3 N–H and O–H groups in total. The van der Waals surface area contributed by atoms with Gasteiger partial charge in [0, 0.05) is 6.04 Å². The monoisotopic (exact) mass is 199 g/mol. The topological polar surface area (TPSA) is 70.2 Å². The molecule has 0 aromatic heterocycles. The molecule has 1 saturated carbocycles. The van der Waals surface area contributed by atoms with E-state index in [1.807, 2.05) is 0 Å². The second-order valence-electron chi connectivity index (χ2n) is 3.60. The van der Waals surface area contributed by atoms with Crippen LogP contribution in [0.25, 0.3) is 0 Å². The van der Waals surface area contributed by atoms with Gasteiger partial charge in [-0.25, -0.2) is 0 Å². The first-order chi connectivity index (χ1) is 6.63. The highest BCUT2D eigenvalue weighted by atomic mass is 16.2. The maximum atomic E-state index is 11.4. The average Bonchev–Trinajstić information content (AvgIpc) is 2.88. The third-order valence-corrected chi connectivity index (χ3v) is 2.03. The van der Waals surface area contributed by atoms with E-state index in [1.54, 1.807) is 14.0 Å². The Morgan fingerprint density at radius 3 is 2.57 bits per heavy atom. The highest BCUT2D eigenvalue weighted by Gasteiger charge is 2.25. The summed E-state index contributed by atoms with van der Waals surface area (Å²) in [4.78, 5) is 22.5. The lowest BCUT2D eigenvalue weighted by atomic mass is 10.3. The summed E-state index contributed by atoms with van der Waals surface area (Å²) in [6, 6.07) is -0.109. The lowest BCUT2D eigenvalue weighted by Crippen LogP contribution is -2.47. The van der Waals surface area contributed by atoms with Gasteiger partial charge in [0.15, 0.2) is 0 Å². The van der Waals surface area contributed by atoms with Crippen molar-refractivity contribution < 1.29 is 9.59 Å². The van der Waals surface area contributed by atoms with Gasteiger partial charge >= 0.3 is 0 Å². The summed E-state index contributed by atoms with van der Waals surface area (Å²) in [5.74, 6) is -0.261. The molecule has 2 amide bonds. The zero-order chi connectivity index (χ0) is 10.6. The molecule has 1 aliphatic carbocycles. The van der Waals surface area contributed by atoms with Crippen molar-refractivity contribution in [3.63, 3.8) is 0 Å². The summed E-state index contributed by atoms with van der Waals surface area (Å²) in [6.07, 6.45) is 2.12. The first kappa shape index (κ1) is 11.0. The summed E-state index contributed by atoms with van der Waals surface area (Å²) in [5, 5.41) is 8.15. The molecular weight excluding hydrogens is 182 g/mol. The molecule has 1 aliphatic rings. The first-order valence-corrected chi connectivity index (χ1v) is 4.88. The Hall–Kier alpha value is -1.10. The Morgan fingerprint density at radius 1 is 1.43 bits per heavy atom. The second-order valence-corrected chi connectivity index (χ2v) is 3.60. The van der Waals surface area contributed by atoms with Crippen molar-refractivity contribution in [3.05, 3.63) is 0 Å². The Kier molecular flexibility index (Phi) is 3.88. The molecular formula is C9H17N3O2. The average molecular weight is 199 g/mol. The van der Waals surface area contributed by atoms with E-state index < -0.39 is 6.04 Å². The maximum absolute atomic E-state index is 11.4. The van der Waals surface area contributed by atoms with Crippen LogP contribution in [0.3, 0.4) is 0 Å². The van der Waals surface area contributed by atoms with Crippen LogP contribution in [-0.4, -0.2) is 37.5 Å². The van der Waals surface area contributed by atoms with E-state index in [4.69, 9.17) is 0 Å². The maximum Gasteiger partial charge on any atom is 0.242 e. The van der Waals surface area contributed by atoms with Gasteiger partial charge in [0.05, 0.1) is 6.54 Å². The Labute approximate surface area is 83.6 Å². The Bertz CT molecular complexity index is 226. The van der Waals surface area contributed by atoms with Gasteiger partial charge in [0.25, 0.3) is 0 Å². The minimum Gasteiger partial charge on any atom is -0.352 e. The zero-order valence-electron chi connectivity index (χ0n) is 8.59. The van der Waals surface area contributed by atoms with E-state index >= 15 is 0 Å². The van der Waals surface area contributed by atoms with Gasteiger partial charge in [-0.15, -0.1) is 0 Å². The van der Waals surface area contributed by atoms with Gasteiger partial charge < -0.3 is 16.0 Å². The van der Waals surface area contributed by atoms with Gasteiger partial charge in [-0.2, -0.15) is 0 Å². The van der Waals surface area contributed by atoms with Crippen LogP contribution in [0.15, 0.2) is 0 Å². The standard InChI is InChI=1S/C9H17N3O2/c1-6(11-8(13)5-10-2)9(14)12-7-3-4-7/h6-7,10H,3-5H2,1-2H3,(H,11,13)(H,12,14). The minimum atomic E-state index is -0.448. The number of amides is 2. The lowest BCUT2D eigenvalue weighted by Gasteiger charge is -2.13. The second kappa shape index (κ2) is 4.95. The quantitative estimate of drug-likeness (QED) is 0.531. The fourth-order valence-electron chi connectivity index (χ4n) is 1.07. The number of carbonyl (C=O) groups excluding carboxylic acids is 2. The fraction of sp³-hybridized carbons (Fsp3) is 0.778. The van der Waals surface area contributed by atoms with Crippen LogP contribution in [0.2, 0.25) is 0 Å². The zero-order valence-corrected chi connectivity index (χ0v) is 8.59. The number of carbonyl (C=O) groups is 2. The van der Waals surface area contributed by atoms with Crippen molar-refractivity contribution in [1.82, 2.24) is 16.0 Å². The molecule has 0 bridgehead atoms. The van der Waals surface area contributed by atoms with Gasteiger partial charge in [-0.1, -0.05) is 0 Å². The van der Waals surface area contributed by atoms with Crippen LogP contribution in [-0.2, 0) is 9.59 Å². The van der Waals surface area contributed by atoms with Crippen LogP contribution in [0.1, 0.15) is 19.8 Å². The summed E-state index contributed by atoms with van der Waals surface area (Å²) in [6.45, 7) is 1.92. The van der Waals surface area contributed by atoms with Gasteiger partial charge in [0.1, 0.15) is 6.04 Å². The van der Waals surface area contributed by atoms with Crippen LogP contribution >= 0.6 is 0 Å². The third-order valence-electron chi connectivity index (χ3n) is 2.03. The van der Waals surface area contributed by atoms with E-state index in [0.717, 1.165) is 12.8 Å². The summed E-state index contributed by atoms with van der Waals surface area (Å²) >= 11 is 0. The van der Waals surface area contributed by atoms with Crippen LogP contribution in [0, 0.1) is 0 Å². The molecule has 0 aliphatic heterocycles. The molecule has 80 valence electrons. The fourth-order valence-corrected chi connectivity index (χ4v) is 1.07. The molecule has 5 heteroatoms. The predicted molar refractivity (Wildman–Crippen MR) is 52.7 cm³/mol. The van der Waals surface area contributed by atoms with Gasteiger partial charge in [-0.3, -0.25) is 9.59 Å². The summed E-state index contributed by atoms with van der Waals surface area (Å²) in [5.41, 5.74) is 0. The van der Waals surface area contributed by atoms with E-state index in [2.05, 4.69) is 16.0 Å². The smallest absolute Gasteiger partial charge is 0.242 e. The number of hydrogen-bond donors (Lipinski definition) is 3. The molecule has 0 aromatic carbocycles. The molecule has 1 unspecified atom stereocenters. The number of likely N-dealkylation sites (N-methyl/N-ethyl adjacent to an activating group) is 1. The normalized spacial score (nSPS) is 17.3. The lowest BCUT2D eigenvalue weighted by molar-refractivity contribution is -0.128. The van der Waals surface area contributed by atoms with Crippen molar-refractivity contribution in [2.24, 2.45) is 0 Å². The van der Waals surface area contributed by atoms with Crippen molar-refractivity contribution in [2.75, 3.05) is 13.6 Å². The van der Waals surface area contributed by atoms with E-state index in [1.165, 1.54) is 0 Å². The van der Waals surface area contributed by atoms with Crippen LogP contribution < -0.4 is 16.0 Å². The Morgan fingerprint density at radius 2 is 2.07 bits per heavy atom. The van der Waals surface area contributed by atoms with Crippen LogP contribution in [0.5, 0.6) is 0 Å². The van der Waals surface area contributed by atoms with Crippen molar-refractivity contribution in [2.45, 2.75) is 31.8 Å². The predicted octanol–water partition coefficient (Wildman–Crippen LogP) is -1.01. The van der Waals surface area contributed by atoms with E-state index in [-0.39, 0.29) is 18.4 Å². The Balaban J connectivity index is 2.21. The molecule has 1 fully saturated rings. The molecule has 0 saturated heterocycles. The molecule has 5 nitrogen and oxygen atoms in total. The summed E-state index contributed by atoms with van der Waals surface area (Å²) < 4.78 is 0. The van der Waals surface area contributed by atoms with Gasteiger partial charge in [-0.05, 0) is 26.8 Å². The molecule has 0 spiro atoms. The molecule has 14 heavy (non-hydrogen) atoms. The van der Waals surface area contributed by atoms with E-state index in [0.29, 0.717) is 6.04 Å². The van der Waals surface area contributed by atoms with E-state index in [9.17, 15) is 9.59 Å². The number of nitrogens with one attached hydrogen (secondary N) is 3. The largest absolute Gasteiger partial charge is 0.352 e. The molecule has 1 atom stereocenters. The number of hydrogen-bond acceptors (Lipinski definition) is 3. The first-order valence-electron chi connectivity index (χ1n) is 4.88. The van der Waals surface area contributed by atoms with Crippen molar-refractivity contribution >= 4 is 11.8 Å². The SMILES string of the molecule is CNCC(=O)NC(C)C(=O)NC1CC1. The van der Waals surface area contributed by atoms with Crippen molar-refractivity contribution in [1.29, 1.82) is 0 Å². The highest BCUT2D eigenvalue weighted by Crippen LogP contribution is 2.18. The summed E-state index contributed by atoms with van der Waals surface area (Å²) in [7, 11) is 1.69. The van der Waals surface area contributed by atoms with Gasteiger partial charge in [0.2, 0.25) is 11.8 Å². The highest BCUT2D eigenvalue weighted by molar-refractivity contribution is 5.88. The third kappa shape index (κ3) is 3.74. The molecule has 0 heterocycles. The molecule has 0 aromatic rings.